The normalized spacial score (nSPS) is 20.1. The number of hydrogen-bond donors (Lipinski definition) is 2. The number of aromatic nitrogens is 1. The Morgan fingerprint density at radius 2 is 1.55 bits per heavy atom. The molecule has 0 spiro atoms. The number of alkyl halides is 11. The molecule has 40 heavy (non-hydrogen) atoms. The minimum absolute atomic E-state index is 0.0387. The summed E-state index contributed by atoms with van der Waals surface area (Å²) in [6.07, 6.45) is -17.5. The Labute approximate surface area is 236 Å². The third kappa shape index (κ3) is 5.77. The van der Waals surface area contributed by atoms with Gasteiger partial charge in [0.2, 0.25) is 0 Å². The summed E-state index contributed by atoms with van der Waals surface area (Å²) in [7, 11) is 0. The lowest BCUT2D eigenvalue weighted by Crippen LogP contribution is -2.72. The third-order valence-electron chi connectivity index (χ3n) is 5.64. The van der Waals surface area contributed by atoms with Gasteiger partial charge >= 0.3 is 24.2 Å². The molecule has 1 aromatic carbocycles. The van der Waals surface area contributed by atoms with Crippen LogP contribution in [-0.4, -0.2) is 50.5 Å². The fourth-order valence-electron chi connectivity index (χ4n) is 3.77. The molecule has 2 N–H and O–H groups in total. The number of amides is 2. The molecule has 0 bridgehead atoms. The second kappa shape index (κ2) is 10.8. The van der Waals surface area contributed by atoms with E-state index in [0.29, 0.717) is 0 Å². The highest BCUT2D eigenvalue weighted by Gasteiger charge is 2.82. The van der Waals surface area contributed by atoms with Gasteiger partial charge in [-0.25, -0.2) is 9.37 Å². The molecule has 2 atom stereocenters. The van der Waals surface area contributed by atoms with Crippen LogP contribution in [0.1, 0.15) is 20.7 Å². The van der Waals surface area contributed by atoms with E-state index in [2.05, 4.69) is 10.3 Å². The van der Waals surface area contributed by atoms with Crippen LogP contribution < -0.4 is 10.6 Å². The summed E-state index contributed by atoms with van der Waals surface area (Å²) in [5, 5.41) is 3.59. The fraction of sp³-hybridized carbons (Fsp3) is 0.261. The number of benzene rings is 1. The first kappa shape index (κ1) is 31.6. The number of nitrogens with zero attached hydrogens (tertiary/aromatic N) is 1. The van der Waals surface area contributed by atoms with E-state index in [4.69, 9.17) is 11.6 Å². The summed E-state index contributed by atoms with van der Waals surface area (Å²) in [6.45, 7) is 0. The third-order valence-corrected chi connectivity index (χ3v) is 7.67. The van der Waals surface area contributed by atoms with Gasteiger partial charge in [-0.05, 0) is 30.3 Å². The highest BCUT2D eigenvalue weighted by atomic mass is 127. The Bertz CT molecular complexity index is 1360. The number of halogens is 12. The standard InChI is InChI=1S/C23H13ClF10IN3O2/c24-16-13(6-3-9-36-16)18(40)37-12-5-1-4-11(10-12)17(39)38-15-14(20(25,26)27)7-2-8-19(15,35)21(28,22(29,30)31)23(32,33)34/h1-10,15H,(H,37,40)(H,38,39). The van der Waals surface area contributed by atoms with E-state index in [1.807, 2.05) is 0 Å². The zero-order valence-corrected chi connectivity index (χ0v) is 22.1. The van der Waals surface area contributed by atoms with Crippen molar-refractivity contribution in [1.29, 1.82) is 0 Å². The van der Waals surface area contributed by atoms with Crippen molar-refractivity contribution in [3.05, 3.63) is 82.7 Å². The quantitative estimate of drug-likeness (QED) is 0.150. The molecule has 5 nitrogen and oxygen atoms in total. The first-order valence-corrected chi connectivity index (χ1v) is 12.0. The SMILES string of the molecule is O=C(NC1C(C(F)(F)F)=CC=CC1(I)C(F)(C(F)(F)F)C(F)(F)F)c1cccc(NC(=O)c2cccnc2Cl)c1. The lowest BCUT2D eigenvalue weighted by Gasteiger charge is -2.47. The van der Waals surface area contributed by atoms with Crippen molar-refractivity contribution in [2.45, 2.75) is 33.7 Å². The van der Waals surface area contributed by atoms with Crippen LogP contribution in [0.4, 0.5) is 49.6 Å². The summed E-state index contributed by atoms with van der Waals surface area (Å²) in [4.78, 5) is 29.0. The Morgan fingerprint density at radius 3 is 2.10 bits per heavy atom. The first-order valence-electron chi connectivity index (χ1n) is 10.5. The van der Waals surface area contributed by atoms with Gasteiger partial charge in [-0.15, -0.1) is 0 Å². The highest BCUT2D eigenvalue weighted by Crippen LogP contribution is 2.59. The molecule has 0 saturated carbocycles. The number of anilines is 1. The minimum Gasteiger partial charge on any atom is -0.343 e. The van der Waals surface area contributed by atoms with Crippen molar-refractivity contribution >= 4 is 51.7 Å². The van der Waals surface area contributed by atoms with Crippen LogP contribution in [-0.2, 0) is 0 Å². The van der Waals surface area contributed by atoms with E-state index >= 15 is 4.39 Å². The molecular formula is C23H13ClF10IN3O2. The van der Waals surface area contributed by atoms with Crippen LogP contribution in [0.3, 0.4) is 0 Å². The average Bonchev–Trinajstić information content (AvgIpc) is 2.83. The van der Waals surface area contributed by atoms with Crippen molar-refractivity contribution in [2.24, 2.45) is 0 Å². The minimum atomic E-state index is -6.74. The largest absolute Gasteiger partial charge is 0.433 e. The van der Waals surface area contributed by atoms with Crippen molar-refractivity contribution in [2.75, 3.05) is 5.32 Å². The molecule has 0 saturated heterocycles. The van der Waals surface area contributed by atoms with Gasteiger partial charge in [-0.1, -0.05) is 58.5 Å². The van der Waals surface area contributed by atoms with Gasteiger partial charge in [-0.2, -0.15) is 39.5 Å². The van der Waals surface area contributed by atoms with Crippen LogP contribution in [0.15, 0.2) is 66.4 Å². The molecule has 2 aromatic rings. The second-order valence-electron chi connectivity index (χ2n) is 8.18. The molecule has 1 aliphatic carbocycles. The average molecular weight is 716 g/mol. The highest BCUT2D eigenvalue weighted by molar-refractivity contribution is 14.1. The molecule has 1 aromatic heterocycles. The summed E-state index contributed by atoms with van der Waals surface area (Å²) in [5.74, 6) is -2.43. The van der Waals surface area contributed by atoms with E-state index < -0.39 is 56.6 Å². The molecule has 3 rings (SSSR count). The number of carbonyl (C=O) groups excluding carboxylic acids is 2. The maximum Gasteiger partial charge on any atom is 0.433 e. The monoisotopic (exact) mass is 715 g/mol. The van der Waals surface area contributed by atoms with Gasteiger partial charge < -0.3 is 10.6 Å². The molecule has 0 radical (unpaired) electrons. The van der Waals surface area contributed by atoms with Crippen molar-refractivity contribution < 1.29 is 53.5 Å². The predicted molar refractivity (Wildman–Crippen MR) is 131 cm³/mol. The van der Waals surface area contributed by atoms with Crippen LogP contribution in [0.25, 0.3) is 0 Å². The molecule has 17 heteroatoms. The lowest BCUT2D eigenvalue weighted by atomic mass is 9.76. The fourth-order valence-corrected chi connectivity index (χ4v) is 5.28. The Morgan fingerprint density at radius 1 is 0.925 bits per heavy atom. The molecule has 2 unspecified atom stereocenters. The molecule has 216 valence electrons. The van der Waals surface area contributed by atoms with Crippen LogP contribution in [0, 0.1) is 0 Å². The van der Waals surface area contributed by atoms with E-state index in [1.54, 1.807) is 0 Å². The molecule has 2 amide bonds. The second-order valence-corrected chi connectivity index (χ2v) is 10.3. The smallest absolute Gasteiger partial charge is 0.343 e. The van der Waals surface area contributed by atoms with Gasteiger partial charge in [0.15, 0.2) is 0 Å². The number of nitrogens with one attached hydrogen (secondary N) is 2. The van der Waals surface area contributed by atoms with E-state index in [9.17, 15) is 49.1 Å². The Hall–Kier alpha value is -2.89. The number of carbonyl (C=O) groups is 2. The maximum absolute atomic E-state index is 15.2. The summed E-state index contributed by atoms with van der Waals surface area (Å²) in [6, 6.07) is 3.60. The first-order chi connectivity index (χ1) is 18.2. The molecular weight excluding hydrogens is 703 g/mol. The van der Waals surface area contributed by atoms with Crippen LogP contribution in [0.2, 0.25) is 5.15 Å². The lowest BCUT2D eigenvalue weighted by molar-refractivity contribution is -0.347. The Kier molecular flexibility index (Phi) is 8.57. The number of hydrogen-bond acceptors (Lipinski definition) is 3. The van der Waals surface area contributed by atoms with Gasteiger partial charge in [-0.3, -0.25) is 9.59 Å². The topological polar surface area (TPSA) is 71.1 Å². The van der Waals surface area contributed by atoms with Crippen molar-refractivity contribution in [1.82, 2.24) is 10.3 Å². The zero-order chi connectivity index (χ0) is 30.3. The summed E-state index contributed by atoms with van der Waals surface area (Å²) in [5.41, 5.74) is -9.15. The number of pyridine rings is 1. The van der Waals surface area contributed by atoms with Gasteiger partial charge in [0.25, 0.3) is 11.8 Å². The van der Waals surface area contributed by atoms with E-state index in [1.165, 1.54) is 29.7 Å². The van der Waals surface area contributed by atoms with Gasteiger partial charge in [0, 0.05) is 17.4 Å². The molecule has 0 aliphatic heterocycles. The van der Waals surface area contributed by atoms with Gasteiger partial charge in [0.1, 0.15) is 8.57 Å². The zero-order valence-electron chi connectivity index (χ0n) is 19.2. The van der Waals surface area contributed by atoms with Crippen molar-refractivity contribution in [3.63, 3.8) is 0 Å². The number of rotatable bonds is 5. The van der Waals surface area contributed by atoms with Crippen molar-refractivity contribution in [3.8, 4) is 0 Å². The predicted octanol–water partition coefficient (Wildman–Crippen LogP) is 7.15. The maximum atomic E-state index is 15.2. The number of allylic oxidation sites excluding steroid dienone is 2. The van der Waals surface area contributed by atoms with E-state index in [0.717, 1.165) is 18.2 Å². The molecule has 1 heterocycles. The Balaban J connectivity index is 2.03. The molecule has 0 fully saturated rings. The van der Waals surface area contributed by atoms with Crippen LogP contribution in [0.5, 0.6) is 0 Å². The van der Waals surface area contributed by atoms with Gasteiger partial charge in [0.05, 0.1) is 17.2 Å². The summed E-state index contributed by atoms with van der Waals surface area (Å²) >= 11 is 6.11. The van der Waals surface area contributed by atoms with E-state index in [-0.39, 0.29) is 57.2 Å². The summed E-state index contributed by atoms with van der Waals surface area (Å²) < 4.78 is 134. The van der Waals surface area contributed by atoms with Crippen LogP contribution >= 0.6 is 34.2 Å². The molecule has 1 aliphatic rings.